The molecule has 2 rings (SSSR count). The molecule has 1 amide bonds. The Kier molecular flexibility index (Phi) is 4.50. The van der Waals surface area contributed by atoms with E-state index in [9.17, 15) is 22.4 Å². The molecular weight excluding hydrogens is 401 g/mol. The number of anilines is 1. The van der Waals surface area contributed by atoms with Crippen molar-refractivity contribution in [2.45, 2.75) is 6.18 Å². The maximum Gasteiger partial charge on any atom is 0.419 e. The largest absolute Gasteiger partial charge is 0.419 e. The number of alkyl halides is 3. The molecule has 0 unspecified atom stereocenters. The number of nitrogens with one attached hydrogen (secondary N) is 1. The molecule has 0 atom stereocenters. The quantitative estimate of drug-likeness (QED) is 0.566. The summed E-state index contributed by atoms with van der Waals surface area (Å²) in [5.41, 5.74) is -1.74. The Balaban J connectivity index is 2.30. The predicted molar refractivity (Wildman–Crippen MR) is 78.5 cm³/mol. The molecule has 0 saturated carbocycles. The first-order valence-corrected chi connectivity index (χ1v) is 6.79. The zero-order valence-electron chi connectivity index (χ0n) is 10.3. The van der Waals surface area contributed by atoms with E-state index in [0.717, 1.165) is 15.7 Å². The predicted octanol–water partition coefficient (Wildman–Crippen LogP) is 4.70. The highest BCUT2D eigenvalue weighted by atomic mass is 127. The first-order valence-electron chi connectivity index (χ1n) is 5.71. The highest BCUT2D eigenvalue weighted by Crippen LogP contribution is 2.32. The van der Waals surface area contributed by atoms with Gasteiger partial charge in [0.1, 0.15) is 5.82 Å². The van der Waals surface area contributed by atoms with Crippen LogP contribution >= 0.6 is 22.6 Å². The van der Waals surface area contributed by atoms with E-state index >= 15 is 0 Å². The summed E-state index contributed by atoms with van der Waals surface area (Å²) in [7, 11) is 0. The molecule has 21 heavy (non-hydrogen) atoms. The van der Waals surface area contributed by atoms with Crippen LogP contribution in [0.2, 0.25) is 0 Å². The number of hydrogen-bond donors (Lipinski definition) is 1. The lowest BCUT2D eigenvalue weighted by Gasteiger charge is -2.11. The third kappa shape index (κ3) is 3.72. The molecule has 0 aromatic heterocycles. The number of carbonyl (C=O) groups excluding carboxylic acids is 1. The van der Waals surface area contributed by atoms with Crippen molar-refractivity contribution in [3.05, 3.63) is 63.0 Å². The van der Waals surface area contributed by atoms with Gasteiger partial charge in [-0.05, 0) is 59.0 Å². The van der Waals surface area contributed by atoms with Gasteiger partial charge < -0.3 is 5.32 Å². The van der Waals surface area contributed by atoms with Crippen LogP contribution in [0.3, 0.4) is 0 Å². The first kappa shape index (κ1) is 15.7. The molecule has 0 aliphatic carbocycles. The number of rotatable bonds is 2. The van der Waals surface area contributed by atoms with Crippen LogP contribution in [0, 0.1) is 9.39 Å². The fourth-order valence-corrected chi connectivity index (χ4v) is 2.02. The number of carbonyl (C=O) groups is 1. The summed E-state index contributed by atoms with van der Waals surface area (Å²) in [6.07, 6.45) is -4.84. The van der Waals surface area contributed by atoms with Crippen molar-refractivity contribution in [1.82, 2.24) is 0 Å². The molecule has 0 fully saturated rings. The molecule has 0 saturated heterocycles. The Hall–Kier alpha value is -1.64. The van der Waals surface area contributed by atoms with Gasteiger partial charge in [-0.15, -0.1) is 0 Å². The van der Waals surface area contributed by atoms with E-state index in [1.165, 1.54) is 0 Å². The maximum absolute atomic E-state index is 13.8. The second kappa shape index (κ2) is 6.00. The molecule has 2 aromatic rings. The highest BCUT2D eigenvalue weighted by Gasteiger charge is 2.35. The van der Waals surface area contributed by atoms with Gasteiger partial charge >= 0.3 is 6.18 Å². The van der Waals surface area contributed by atoms with Gasteiger partial charge in [0.25, 0.3) is 5.91 Å². The number of amides is 1. The van der Waals surface area contributed by atoms with E-state index in [1.807, 2.05) is 0 Å². The Labute approximate surface area is 131 Å². The van der Waals surface area contributed by atoms with Crippen LogP contribution in [0.1, 0.15) is 15.9 Å². The van der Waals surface area contributed by atoms with Crippen LogP contribution in [0.15, 0.2) is 42.5 Å². The van der Waals surface area contributed by atoms with Gasteiger partial charge in [0, 0.05) is 9.26 Å². The normalized spacial score (nSPS) is 11.3. The average molecular weight is 409 g/mol. The van der Waals surface area contributed by atoms with E-state index in [2.05, 4.69) is 27.9 Å². The smallest absolute Gasteiger partial charge is 0.322 e. The van der Waals surface area contributed by atoms with Gasteiger partial charge in [0.15, 0.2) is 0 Å². The van der Waals surface area contributed by atoms with Gasteiger partial charge in [0.2, 0.25) is 0 Å². The zero-order valence-corrected chi connectivity index (χ0v) is 12.5. The molecule has 110 valence electrons. The fraction of sp³-hybridized carbons (Fsp3) is 0.0714. The second-order valence-corrected chi connectivity index (χ2v) is 5.37. The van der Waals surface area contributed by atoms with Crippen LogP contribution in [0.25, 0.3) is 0 Å². The summed E-state index contributed by atoms with van der Waals surface area (Å²) in [5, 5.41) is 2.36. The van der Waals surface area contributed by atoms with E-state index in [1.54, 1.807) is 24.3 Å². The van der Waals surface area contributed by atoms with Crippen molar-refractivity contribution < 1.29 is 22.4 Å². The average Bonchev–Trinajstić information content (AvgIpc) is 2.40. The van der Waals surface area contributed by atoms with Crippen molar-refractivity contribution in [2.24, 2.45) is 0 Å². The number of hydrogen-bond acceptors (Lipinski definition) is 1. The molecule has 2 aromatic carbocycles. The monoisotopic (exact) mass is 409 g/mol. The van der Waals surface area contributed by atoms with Crippen molar-refractivity contribution in [1.29, 1.82) is 0 Å². The molecule has 0 bridgehead atoms. The molecular formula is C14H8F4INO. The molecule has 7 heteroatoms. The van der Waals surface area contributed by atoms with Crippen LogP contribution in [-0.2, 0) is 6.18 Å². The van der Waals surface area contributed by atoms with E-state index in [-0.39, 0.29) is 0 Å². The first-order chi connectivity index (χ1) is 9.79. The maximum atomic E-state index is 13.8. The van der Waals surface area contributed by atoms with E-state index < -0.39 is 29.0 Å². The van der Waals surface area contributed by atoms with Gasteiger partial charge in [-0.1, -0.05) is 6.07 Å². The van der Waals surface area contributed by atoms with Crippen LogP contribution < -0.4 is 5.32 Å². The SMILES string of the molecule is O=C(Nc1ccc(I)cc1)c1cccc(C(F)(F)F)c1F. The molecule has 0 heterocycles. The molecule has 0 aliphatic rings. The minimum absolute atomic E-state index is 0.372. The minimum atomic E-state index is -4.84. The summed E-state index contributed by atoms with van der Waals surface area (Å²) in [5.74, 6) is -2.51. The second-order valence-electron chi connectivity index (χ2n) is 4.13. The van der Waals surface area contributed by atoms with E-state index in [0.29, 0.717) is 11.8 Å². The molecule has 0 aliphatic heterocycles. The lowest BCUT2D eigenvalue weighted by Crippen LogP contribution is -2.17. The Morgan fingerprint density at radius 1 is 1.05 bits per heavy atom. The standard InChI is InChI=1S/C14H8F4INO/c15-12-10(2-1-3-11(12)14(16,17)18)13(21)20-9-6-4-8(19)5-7-9/h1-7H,(H,20,21). The van der Waals surface area contributed by atoms with Gasteiger partial charge in [-0.25, -0.2) is 4.39 Å². The lowest BCUT2D eigenvalue weighted by molar-refractivity contribution is -0.140. The van der Waals surface area contributed by atoms with Crippen LogP contribution in [0.5, 0.6) is 0 Å². The third-order valence-corrected chi connectivity index (χ3v) is 3.37. The van der Waals surface area contributed by atoms with Crippen LogP contribution in [-0.4, -0.2) is 5.91 Å². The third-order valence-electron chi connectivity index (χ3n) is 2.65. The van der Waals surface area contributed by atoms with Gasteiger partial charge in [0.05, 0.1) is 11.1 Å². The van der Waals surface area contributed by atoms with Gasteiger partial charge in [-0.2, -0.15) is 13.2 Å². The fourth-order valence-electron chi connectivity index (χ4n) is 1.66. The molecule has 0 spiro atoms. The summed E-state index contributed by atoms with van der Waals surface area (Å²) >= 11 is 2.06. The number of benzene rings is 2. The van der Waals surface area contributed by atoms with Crippen molar-refractivity contribution in [3.8, 4) is 0 Å². The minimum Gasteiger partial charge on any atom is -0.322 e. The topological polar surface area (TPSA) is 29.1 Å². The Bertz CT molecular complexity index is 668. The zero-order chi connectivity index (χ0) is 15.6. The van der Waals surface area contributed by atoms with Gasteiger partial charge in [-0.3, -0.25) is 4.79 Å². The van der Waals surface area contributed by atoms with Crippen LogP contribution in [0.4, 0.5) is 23.2 Å². The van der Waals surface area contributed by atoms with Crippen molar-refractivity contribution >= 4 is 34.2 Å². The van der Waals surface area contributed by atoms with E-state index in [4.69, 9.17) is 0 Å². The Morgan fingerprint density at radius 2 is 1.67 bits per heavy atom. The summed E-state index contributed by atoms with van der Waals surface area (Å²) < 4.78 is 52.5. The lowest BCUT2D eigenvalue weighted by atomic mass is 10.1. The summed E-state index contributed by atoms with van der Waals surface area (Å²) in [4.78, 5) is 11.9. The van der Waals surface area contributed by atoms with Crippen molar-refractivity contribution in [2.75, 3.05) is 5.32 Å². The number of halogens is 5. The highest BCUT2D eigenvalue weighted by molar-refractivity contribution is 14.1. The molecule has 2 nitrogen and oxygen atoms in total. The summed E-state index contributed by atoms with van der Waals surface area (Å²) in [6, 6.07) is 9.16. The molecule has 1 N–H and O–H groups in total. The Morgan fingerprint density at radius 3 is 2.24 bits per heavy atom. The summed E-state index contributed by atoms with van der Waals surface area (Å²) in [6.45, 7) is 0. The molecule has 0 radical (unpaired) electrons. The van der Waals surface area contributed by atoms with Crippen molar-refractivity contribution in [3.63, 3.8) is 0 Å².